The van der Waals surface area contributed by atoms with Crippen LogP contribution in [0.25, 0.3) is 11.4 Å². The quantitative estimate of drug-likeness (QED) is 0.656. The molecule has 0 bridgehead atoms. The first-order chi connectivity index (χ1) is 13.0. The first-order valence-corrected chi connectivity index (χ1v) is 8.66. The van der Waals surface area contributed by atoms with E-state index in [1.807, 2.05) is 0 Å². The number of ether oxygens (including phenoxy) is 1. The second-order valence-corrected chi connectivity index (χ2v) is 6.24. The molecule has 3 aromatic rings. The van der Waals surface area contributed by atoms with Gasteiger partial charge in [-0.1, -0.05) is 16.8 Å². The van der Waals surface area contributed by atoms with Gasteiger partial charge in [0.1, 0.15) is 17.6 Å². The van der Waals surface area contributed by atoms with Crippen LogP contribution in [0, 0.1) is 5.82 Å². The summed E-state index contributed by atoms with van der Waals surface area (Å²) in [5.74, 6) is 0.682. The van der Waals surface area contributed by atoms with Crippen molar-refractivity contribution in [2.24, 2.45) is 0 Å². The highest BCUT2D eigenvalue weighted by Crippen LogP contribution is 2.19. The zero-order valence-electron chi connectivity index (χ0n) is 14.5. The largest absolute Gasteiger partial charge is 0.493 e. The van der Waals surface area contributed by atoms with E-state index in [4.69, 9.17) is 20.9 Å². The van der Waals surface area contributed by atoms with Gasteiger partial charge >= 0.3 is 0 Å². The number of aromatic nitrogens is 2. The second kappa shape index (κ2) is 8.64. The molecule has 0 fully saturated rings. The maximum atomic E-state index is 13.0. The average Bonchev–Trinajstić information content (AvgIpc) is 3.14. The minimum absolute atomic E-state index is 0.173. The molecule has 0 aliphatic heterocycles. The van der Waals surface area contributed by atoms with E-state index in [9.17, 15) is 9.18 Å². The molecular weight excluding hydrogens is 373 g/mol. The monoisotopic (exact) mass is 389 g/mol. The lowest BCUT2D eigenvalue weighted by Gasteiger charge is -2.10. The first-order valence-electron chi connectivity index (χ1n) is 8.28. The highest BCUT2D eigenvalue weighted by Gasteiger charge is 2.17. The Hall–Kier alpha value is -2.93. The zero-order chi connectivity index (χ0) is 19.2. The Balaban J connectivity index is 1.49. The van der Waals surface area contributed by atoms with Crippen molar-refractivity contribution in [2.75, 3.05) is 6.61 Å². The van der Waals surface area contributed by atoms with Crippen LogP contribution in [-0.4, -0.2) is 22.7 Å². The number of benzene rings is 2. The van der Waals surface area contributed by atoms with Gasteiger partial charge in [-0.2, -0.15) is 4.98 Å². The molecule has 1 amide bonds. The van der Waals surface area contributed by atoms with Gasteiger partial charge in [-0.3, -0.25) is 4.79 Å². The SMILES string of the molecule is CC(NC(=O)CCOc1ccc(Cl)cc1)c1nc(-c2ccc(F)cc2)no1. The number of amides is 1. The number of hydrogen-bond donors (Lipinski definition) is 1. The van der Waals surface area contributed by atoms with Crippen molar-refractivity contribution in [3.63, 3.8) is 0 Å². The minimum Gasteiger partial charge on any atom is -0.493 e. The summed E-state index contributed by atoms with van der Waals surface area (Å²) < 4.78 is 23.7. The normalized spacial score (nSPS) is 11.8. The van der Waals surface area contributed by atoms with Crippen LogP contribution in [0.1, 0.15) is 25.3 Å². The Labute approximate surface area is 160 Å². The first kappa shape index (κ1) is 18.8. The predicted octanol–water partition coefficient (Wildman–Crippen LogP) is 4.18. The maximum absolute atomic E-state index is 13.0. The summed E-state index contributed by atoms with van der Waals surface area (Å²) in [6.07, 6.45) is 0.173. The Morgan fingerprint density at radius 3 is 2.63 bits per heavy atom. The third-order valence-corrected chi connectivity index (χ3v) is 3.96. The van der Waals surface area contributed by atoms with Gasteiger partial charge in [-0.05, 0) is 55.5 Å². The van der Waals surface area contributed by atoms with E-state index in [0.29, 0.717) is 22.2 Å². The van der Waals surface area contributed by atoms with Gasteiger partial charge in [0.2, 0.25) is 17.6 Å². The van der Waals surface area contributed by atoms with E-state index < -0.39 is 6.04 Å². The molecule has 3 rings (SSSR count). The lowest BCUT2D eigenvalue weighted by atomic mass is 10.2. The van der Waals surface area contributed by atoms with E-state index in [2.05, 4.69) is 15.5 Å². The maximum Gasteiger partial charge on any atom is 0.249 e. The highest BCUT2D eigenvalue weighted by molar-refractivity contribution is 6.30. The van der Waals surface area contributed by atoms with Crippen LogP contribution in [0.4, 0.5) is 4.39 Å². The molecule has 1 aromatic heterocycles. The van der Waals surface area contributed by atoms with Crippen LogP contribution < -0.4 is 10.1 Å². The summed E-state index contributed by atoms with van der Waals surface area (Å²) >= 11 is 5.80. The standard InChI is InChI=1S/C19H17ClFN3O3/c1-12(19-23-18(24-27-19)13-2-6-15(21)7-3-13)22-17(25)10-11-26-16-8-4-14(20)5-9-16/h2-9,12H,10-11H2,1H3,(H,22,25). The fourth-order valence-corrected chi connectivity index (χ4v) is 2.42. The van der Waals surface area contributed by atoms with E-state index >= 15 is 0 Å². The van der Waals surface area contributed by atoms with Crippen LogP contribution >= 0.6 is 11.6 Å². The molecule has 0 saturated carbocycles. The molecule has 1 atom stereocenters. The summed E-state index contributed by atoms with van der Waals surface area (Å²) in [6, 6.07) is 12.2. The number of nitrogens with zero attached hydrogens (tertiary/aromatic N) is 2. The lowest BCUT2D eigenvalue weighted by Crippen LogP contribution is -2.28. The number of halogens is 2. The van der Waals surface area contributed by atoms with Gasteiger partial charge in [0, 0.05) is 10.6 Å². The number of hydrogen-bond acceptors (Lipinski definition) is 5. The molecule has 140 valence electrons. The van der Waals surface area contributed by atoms with Crippen LogP contribution in [0.5, 0.6) is 5.75 Å². The molecule has 1 heterocycles. The predicted molar refractivity (Wildman–Crippen MR) is 97.8 cm³/mol. The number of carbonyl (C=O) groups excluding carboxylic acids is 1. The van der Waals surface area contributed by atoms with Crippen molar-refractivity contribution >= 4 is 17.5 Å². The van der Waals surface area contributed by atoms with E-state index in [-0.39, 0.29) is 30.6 Å². The fraction of sp³-hybridized carbons (Fsp3) is 0.211. The van der Waals surface area contributed by atoms with Crippen molar-refractivity contribution < 1.29 is 18.4 Å². The molecule has 8 heteroatoms. The Bertz CT molecular complexity index is 897. The van der Waals surface area contributed by atoms with Gasteiger partial charge in [0.25, 0.3) is 0 Å². The summed E-state index contributed by atoms with van der Waals surface area (Å²) in [5, 5.41) is 7.25. The second-order valence-electron chi connectivity index (χ2n) is 5.80. The Kier molecular flexibility index (Phi) is 6.03. The number of rotatable bonds is 7. The van der Waals surface area contributed by atoms with Crippen molar-refractivity contribution in [3.8, 4) is 17.1 Å². The fourth-order valence-electron chi connectivity index (χ4n) is 2.30. The lowest BCUT2D eigenvalue weighted by molar-refractivity contribution is -0.122. The Morgan fingerprint density at radius 2 is 1.93 bits per heavy atom. The number of carbonyl (C=O) groups is 1. The van der Waals surface area contributed by atoms with Gasteiger partial charge in [0.05, 0.1) is 13.0 Å². The molecule has 27 heavy (non-hydrogen) atoms. The van der Waals surface area contributed by atoms with E-state index in [0.717, 1.165) is 0 Å². The topological polar surface area (TPSA) is 77.2 Å². The molecular formula is C19H17ClFN3O3. The molecule has 0 radical (unpaired) electrons. The third kappa shape index (κ3) is 5.27. The van der Waals surface area contributed by atoms with Crippen LogP contribution in [0.2, 0.25) is 5.02 Å². The Morgan fingerprint density at radius 1 is 1.22 bits per heavy atom. The molecule has 1 unspecified atom stereocenters. The molecule has 0 spiro atoms. The zero-order valence-corrected chi connectivity index (χ0v) is 15.2. The summed E-state index contributed by atoms with van der Waals surface area (Å²) in [4.78, 5) is 16.3. The smallest absolute Gasteiger partial charge is 0.249 e. The van der Waals surface area contributed by atoms with Gasteiger partial charge in [-0.25, -0.2) is 4.39 Å². The van der Waals surface area contributed by atoms with Gasteiger partial charge in [-0.15, -0.1) is 0 Å². The van der Waals surface area contributed by atoms with E-state index in [1.54, 1.807) is 43.3 Å². The van der Waals surface area contributed by atoms with Crippen molar-refractivity contribution in [1.82, 2.24) is 15.5 Å². The molecule has 0 aliphatic rings. The summed E-state index contributed by atoms with van der Waals surface area (Å²) in [5.41, 5.74) is 0.626. The van der Waals surface area contributed by atoms with Gasteiger partial charge in [0.15, 0.2) is 0 Å². The van der Waals surface area contributed by atoms with Crippen LogP contribution in [0.15, 0.2) is 53.1 Å². The third-order valence-electron chi connectivity index (χ3n) is 3.70. The van der Waals surface area contributed by atoms with Crippen molar-refractivity contribution in [1.29, 1.82) is 0 Å². The molecule has 0 saturated heterocycles. The molecule has 2 aromatic carbocycles. The summed E-state index contributed by atoms with van der Waals surface area (Å²) in [6.45, 7) is 1.96. The van der Waals surface area contributed by atoms with E-state index in [1.165, 1.54) is 12.1 Å². The number of nitrogens with one attached hydrogen (secondary N) is 1. The molecule has 6 nitrogen and oxygen atoms in total. The van der Waals surface area contributed by atoms with Gasteiger partial charge < -0.3 is 14.6 Å². The van der Waals surface area contributed by atoms with Crippen molar-refractivity contribution in [2.45, 2.75) is 19.4 Å². The van der Waals surface area contributed by atoms with Crippen LogP contribution in [-0.2, 0) is 4.79 Å². The molecule has 1 N–H and O–H groups in total. The summed E-state index contributed by atoms with van der Waals surface area (Å²) in [7, 11) is 0. The average molecular weight is 390 g/mol. The highest BCUT2D eigenvalue weighted by atomic mass is 35.5. The van der Waals surface area contributed by atoms with Crippen molar-refractivity contribution in [3.05, 3.63) is 65.3 Å². The van der Waals surface area contributed by atoms with Crippen LogP contribution in [0.3, 0.4) is 0 Å². The molecule has 0 aliphatic carbocycles. The minimum atomic E-state index is -0.463.